The second-order valence-electron chi connectivity index (χ2n) is 3.19. The molecule has 0 aromatic heterocycles. The van der Waals surface area contributed by atoms with Crippen molar-refractivity contribution in [1.82, 2.24) is 0 Å². The number of hydrogen-bond donors (Lipinski definition) is 2. The summed E-state index contributed by atoms with van der Waals surface area (Å²) in [4.78, 5) is 0. The number of nitrogens with two attached hydrogens (primary N) is 1. The van der Waals surface area contributed by atoms with Gasteiger partial charge in [-0.2, -0.15) is 0 Å². The van der Waals surface area contributed by atoms with Gasteiger partial charge in [0, 0.05) is 24.2 Å². The Morgan fingerprint density at radius 2 is 2.13 bits per heavy atom. The molecule has 0 aliphatic rings. The van der Waals surface area contributed by atoms with Crippen LogP contribution < -0.4 is 5.73 Å². The van der Waals surface area contributed by atoms with Crippen LogP contribution in [0.2, 0.25) is 0 Å². The molecule has 0 aliphatic carbocycles. The van der Waals surface area contributed by atoms with Crippen LogP contribution >= 0.6 is 15.9 Å². The molecule has 0 radical (unpaired) electrons. The van der Waals surface area contributed by atoms with Gasteiger partial charge >= 0.3 is 0 Å². The largest absolute Gasteiger partial charge is 0.396 e. The van der Waals surface area contributed by atoms with Crippen molar-refractivity contribution >= 4 is 15.9 Å². The maximum Gasteiger partial charge on any atom is 0.0957 e. The van der Waals surface area contributed by atoms with Crippen molar-refractivity contribution in [1.29, 1.82) is 0 Å². The second kappa shape index (κ2) is 6.95. The van der Waals surface area contributed by atoms with Crippen molar-refractivity contribution in [3.63, 3.8) is 0 Å². The lowest BCUT2D eigenvalue weighted by Crippen LogP contribution is -2.17. The Hall–Kier alpha value is -0.420. The van der Waals surface area contributed by atoms with Crippen molar-refractivity contribution in [2.75, 3.05) is 19.8 Å². The summed E-state index contributed by atoms with van der Waals surface area (Å²) in [5.41, 5.74) is 6.70. The van der Waals surface area contributed by atoms with E-state index in [0.717, 1.165) is 10.0 Å². The van der Waals surface area contributed by atoms with E-state index in [1.807, 2.05) is 24.3 Å². The molecule has 0 fully saturated rings. The van der Waals surface area contributed by atoms with Crippen molar-refractivity contribution in [2.24, 2.45) is 5.73 Å². The lowest BCUT2D eigenvalue weighted by Gasteiger charge is -2.17. The fraction of sp³-hybridized carbons (Fsp3) is 0.455. The zero-order valence-electron chi connectivity index (χ0n) is 8.53. The molecule has 1 aromatic carbocycles. The van der Waals surface area contributed by atoms with E-state index >= 15 is 0 Å². The highest BCUT2D eigenvalue weighted by Gasteiger charge is 2.12. The van der Waals surface area contributed by atoms with Gasteiger partial charge in [-0.3, -0.25) is 0 Å². The number of hydrogen-bond acceptors (Lipinski definition) is 3. The Bertz CT molecular complexity index is 294. The average molecular weight is 274 g/mol. The summed E-state index contributed by atoms with van der Waals surface area (Å²) >= 11 is 3.46. The first kappa shape index (κ1) is 12.6. The average Bonchev–Trinajstić information content (AvgIpc) is 2.26. The Kier molecular flexibility index (Phi) is 5.86. The molecule has 1 unspecified atom stereocenters. The molecule has 3 N–H and O–H groups in total. The molecule has 15 heavy (non-hydrogen) atoms. The summed E-state index contributed by atoms with van der Waals surface area (Å²) in [7, 11) is 0. The maximum atomic E-state index is 8.66. The van der Waals surface area contributed by atoms with Gasteiger partial charge in [0.1, 0.15) is 0 Å². The number of benzene rings is 1. The van der Waals surface area contributed by atoms with Crippen LogP contribution in [0.25, 0.3) is 0 Å². The molecule has 0 spiro atoms. The molecule has 3 nitrogen and oxygen atoms in total. The van der Waals surface area contributed by atoms with E-state index in [-0.39, 0.29) is 12.7 Å². The summed E-state index contributed by atoms with van der Waals surface area (Å²) in [5, 5.41) is 8.66. The third-order valence-electron chi connectivity index (χ3n) is 2.09. The molecule has 4 heteroatoms. The fourth-order valence-electron chi connectivity index (χ4n) is 1.31. The highest BCUT2D eigenvalue weighted by molar-refractivity contribution is 9.10. The van der Waals surface area contributed by atoms with E-state index in [0.29, 0.717) is 19.6 Å². The third kappa shape index (κ3) is 3.91. The number of aliphatic hydroxyl groups is 1. The molecule has 0 bridgehead atoms. The summed E-state index contributed by atoms with van der Waals surface area (Å²) in [5.74, 6) is 0. The Labute approximate surface area is 98.4 Å². The van der Waals surface area contributed by atoms with Crippen LogP contribution in [0.15, 0.2) is 28.7 Å². The van der Waals surface area contributed by atoms with Crippen LogP contribution in [0.3, 0.4) is 0 Å². The smallest absolute Gasteiger partial charge is 0.0957 e. The minimum Gasteiger partial charge on any atom is -0.396 e. The van der Waals surface area contributed by atoms with Crippen LogP contribution in [0.1, 0.15) is 18.1 Å². The Morgan fingerprint density at radius 1 is 1.40 bits per heavy atom. The molecule has 0 heterocycles. The van der Waals surface area contributed by atoms with Gasteiger partial charge in [0.2, 0.25) is 0 Å². The molecular formula is C11H16BrNO2. The Balaban J connectivity index is 2.61. The van der Waals surface area contributed by atoms with Crippen molar-refractivity contribution in [3.05, 3.63) is 34.3 Å². The first-order valence-corrected chi connectivity index (χ1v) is 5.76. The third-order valence-corrected chi connectivity index (χ3v) is 2.81. The van der Waals surface area contributed by atoms with Crippen LogP contribution in [-0.4, -0.2) is 24.9 Å². The van der Waals surface area contributed by atoms with Crippen molar-refractivity contribution in [3.8, 4) is 0 Å². The molecule has 0 saturated carbocycles. The molecule has 84 valence electrons. The zero-order chi connectivity index (χ0) is 11.1. The Morgan fingerprint density at radius 3 is 2.73 bits per heavy atom. The minimum atomic E-state index is -0.105. The number of halogens is 1. The molecule has 1 rings (SSSR count). The first-order valence-electron chi connectivity index (χ1n) is 4.96. The predicted molar refractivity (Wildman–Crippen MR) is 63.6 cm³/mol. The fourth-order valence-corrected chi connectivity index (χ4v) is 1.85. The lowest BCUT2D eigenvalue weighted by atomic mass is 10.1. The van der Waals surface area contributed by atoms with E-state index in [4.69, 9.17) is 15.6 Å². The summed E-state index contributed by atoms with van der Waals surface area (Å²) in [6.07, 6.45) is 0.535. The highest BCUT2D eigenvalue weighted by Crippen LogP contribution is 2.25. The zero-order valence-corrected chi connectivity index (χ0v) is 10.1. The summed E-state index contributed by atoms with van der Waals surface area (Å²) < 4.78 is 6.59. The number of aliphatic hydroxyl groups excluding tert-OH is 1. The SMILES string of the molecule is NCC(OCCCO)c1ccccc1Br. The van der Waals surface area contributed by atoms with Crippen molar-refractivity contribution in [2.45, 2.75) is 12.5 Å². The van der Waals surface area contributed by atoms with Gasteiger partial charge in [0.15, 0.2) is 0 Å². The van der Waals surface area contributed by atoms with Crippen LogP contribution in [0.5, 0.6) is 0 Å². The van der Waals surface area contributed by atoms with Crippen LogP contribution in [0.4, 0.5) is 0 Å². The van der Waals surface area contributed by atoms with Crippen molar-refractivity contribution < 1.29 is 9.84 Å². The van der Waals surface area contributed by atoms with E-state index in [9.17, 15) is 0 Å². The van der Waals surface area contributed by atoms with Crippen LogP contribution in [-0.2, 0) is 4.74 Å². The van der Waals surface area contributed by atoms with Gasteiger partial charge in [-0.15, -0.1) is 0 Å². The predicted octanol–water partition coefficient (Wildman–Crippen LogP) is 1.85. The number of ether oxygens (including phenoxy) is 1. The molecule has 0 aliphatic heterocycles. The van der Waals surface area contributed by atoms with Gasteiger partial charge in [0.05, 0.1) is 6.10 Å². The van der Waals surface area contributed by atoms with E-state index in [2.05, 4.69) is 15.9 Å². The van der Waals surface area contributed by atoms with E-state index < -0.39 is 0 Å². The summed E-state index contributed by atoms with van der Waals surface area (Å²) in [6.45, 7) is 1.11. The standard InChI is InChI=1S/C11H16BrNO2/c12-10-5-2-1-4-9(10)11(8-13)15-7-3-6-14/h1-2,4-5,11,14H,3,6-8,13H2. The maximum absolute atomic E-state index is 8.66. The molecule has 1 aromatic rings. The molecule has 1 atom stereocenters. The van der Waals surface area contributed by atoms with Gasteiger partial charge in [-0.05, 0) is 18.1 Å². The normalized spacial score (nSPS) is 12.7. The first-order chi connectivity index (χ1) is 7.29. The lowest BCUT2D eigenvalue weighted by molar-refractivity contribution is 0.0484. The minimum absolute atomic E-state index is 0.105. The summed E-state index contributed by atoms with van der Waals surface area (Å²) in [6, 6.07) is 7.86. The topological polar surface area (TPSA) is 55.5 Å². The van der Waals surface area contributed by atoms with Gasteiger partial charge < -0.3 is 15.6 Å². The molecular weight excluding hydrogens is 258 g/mol. The number of rotatable bonds is 6. The van der Waals surface area contributed by atoms with Crippen LogP contribution in [0, 0.1) is 0 Å². The second-order valence-corrected chi connectivity index (χ2v) is 4.05. The van der Waals surface area contributed by atoms with Gasteiger partial charge in [0.25, 0.3) is 0 Å². The molecule has 0 saturated heterocycles. The van der Waals surface area contributed by atoms with E-state index in [1.165, 1.54) is 0 Å². The monoisotopic (exact) mass is 273 g/mol. The van der Waals surface area contributed by atoms with Gasteiger partial charge in [-0.25, -0.2) is 0 Å². The molecule has 0 amide bonds. The highest BCUT2D eigenvalue weighted by atomic mass is 79.9. The quantitative estimate of drug-likeness (QED) is 0.778. The van der Waals surface area contributed by atoms with E-state index in [1.54, 1.807) is 0 Å². The van der Waals surface area contributed by atoms with Gasteiger partial charge in [-0.1, -0.05) is 34.1 Å².